The lowest BCUT2D eigenvalue weighted by molar-refractivity contribution is -0.138. The van der Waals surface area contributed by atoms with Gasteiger partial charge in [0.05, 0.1) is 6.54 Å². The van der Waals surface area contributed by atoms with E-state index >= 15 is 0 Å². The molecule has 1 heterocycles. The molecule has 0 saturated heterocycles. The Morgan fingerprint density at radius 1 is 1.45 bits per heavy atom. The molecule has 2 atom stereocenters. The van der Waals surface area contributed by atoms with Gasteiger partial charge in [-0.15, -0.1) is 0 Å². The number of carboxylic acid groups (broad SMARTS) is 1. The van der Waals surface area contributed by atoms with E-state index in [4.69, 9.17) is 5.11 Å². The maximum Gasteiger partial charge on any atom is 0.317 e. The Kier molecular flexibility index (Phi) is 2.29. The smallest absolute Gasteiger partial charge is 0.317 e. The van der Waals surface area contributed by atoms with Crippen molar-refractivity contribution >= 4 is 5.97 Å². The first kappa shape index (κ1) is 8.27. The molecule has 0 saturated carbocycles. The molecule has 1 aliphatic rings. The monoisotopic (exact) mass is 155 g/mol. The minimum atomic E-state index is -0.757. The van der Waals surface area contributed by atoms with Crippen LogP contribution in [0.4, 0.5) is 0 Å². The quantitative estimate of drug-likeness (QED) is 0.597. The van der Waals surface area contributed by atoms with Crippen molar-refractivity contribution in [2.45, 2.75) is 25.9 Å². The first-order chi connectivity index (χ1) is 5.11. The second-order valence-corrected chi connectivity index (χ2v) is 2.93. The van der Waals surface area contributed by atoms with Crippen molar-refractivity contribution < 1.29 is 9.90 Å². The van der Waals surface area contributed by atoms with Gasteiger partial charge in [-0.1, -0.05) is 12.2 Å². The Labute approximate surface area is 66.3 Å². The summed E-state index contributed by atoms with van der Waals surface area (Å²) in [5, 5.41) is 8.54. The molecule has 0 aliphatic carbocycles. The van der Waals surface area contributed by atoms with Gasteiger partial charge in [-0.05, 0) is 13.8 Å². The highest BCUT2D eigenvalue weighted by molar-refractivity contribution is 5.69. The Morgan fingerprint density at radius 2 is 1.91 bits per heavy atom. The topological polar surface area (TPSA) is 40.5 Å². The molecule has 0 aromatic carbocycles. The van der Waals surface area contributed by atoms with E-state index in [1.165, 1.54) is 0 Å². The molecule has 1 N–H and O–H groups in total. The van der Waals surface area contributed by atoms with Crippen LogP contribution in [0.1, 0.15) is 13.8 Å². The maximum atomic E-state index is 10.4. The molecule has 3 heteroatoms. The first-order valence-electron chi connectivity index (χ1n) is 3.77. The number of rotatable bonds is 2. The van der Waals surface area contributed by atoms with Crippen LogP contribution in [0.15, 0.2) is 12.2 Å². The van der Waals surface area contributed by atoms with Gasteiger partial charge in [-0.25, -0.2) is 0 Å². The summed E-state index contributed by atoms with van der Waals surface area (Å²) < 4.78 is 0. The van der Waals surface area contributed by atoms with Crippen LogP contribution in [-0.4, -0.2) is 34.6 Å². The molecule has 0 radical (unpaired) electrons. The second-order valence-electron chi connectivity index (χ2n) is 2.93. The van der Waals surface area contributed by atoms with Gasteiger partial charge in [0.1, 0.15) is 0 Å². The molecule has 0 aromatic heterocycles. The van der Waals surface area contributed by atoms with E-state index in [9.17, 15) is 4.79 Å². The highest BCUT2D eigenvalue weighted by Crippen LogP contribution is 2.14. The third-order valence-electron chi connectivity index (χ3n) is 2.03. The largest absolute Gasteiger partial charge is 0.480 e. The molecule has 0 amide bonds. The van der Waals surface area contributed by atoms with Gasteiger partial charge in [0.25, 0.3) is 0 Å². The molecule has 0 unspecified atom stereocenters. The summed E-state index contributed by atoms with van der Waals surface area (Å²) >= 11 is 0. The van der Waals surface area contributed by atoms with Gasteiger partial charge < -0.3 is 5.11 Å². The highest BCUT2D eigenvalue weighted by Gasteiger charge is 2.23. The fraction of sp³-hybridized carbons (Fsp3) is 0.625. The van der Waals surface area contributed by atoms with Gasteiger partial charge in [-0.2, -0.15) is 0 Å². The zero-order valence-electron chi connectivity index (χ0n) is 6.82. The Morgan fingerprint density at radius 3 is 2.27 bits per heavy atom. The zero-order chi connectivity index (χ0) is 8.43. The van der Waals surface area contributed by atoms with E-state index in [2.05, 4.69) is 0 Å². The van der Waals surface area contributed by atoms with Crippen LogP contribution in [0.2, 0.25) is 0 Å². The standard InChI is InChI=1S/C8H13NO2/c1-6-3-4-7(2)9(6)5-8(10)11/h3-4,6-7H,5H2,1-2H3,(H,10,11)/t6-,7-/m1/s1. The predicted molar refractivity (Wildman–Crippen MR) is 42.4 cm³/mol. The third-order valence-corrected chi connectivity index (χ3v) is 2.03. The average molecular weight is 155 g/mol. The number of hydrogen-bond acceptors (Lipinski definition) is 2. The Balaban J connectivity index is 2.52. The lowest BCUT2D eigenvalue weighted by Gasteiger charge is -2.23. The summed E-state index contributed by atoms with van der Waals surface area (Å²) in [6.45, 7) is 4.14. The second kappa shape index (κ2) is 3.05. The van der Waals surface area contributed by atoms with E-state index in [1.54, 1.807) is 0 Å². The van der Waals surface area contributed by atoms with Gasteiger partial charge >= 0.3 is 5.97 Å². The molecule has 0 spiro atoms. The molecule has 1 rings (SSSR count). The fourth-order valence-corrected chi connectivity index (χ4v) is 1.36. The van der Waals surface area contributed by atoms with Crippen molar-refractivity contribution in [2.24, 2.45) is 0 Å². The number of carboxylic acids is 1. The van der Waals surface area contributed by atoms with E-state index in [1.807, 2.05) is 30.9 Å². The van der Waals surface area contributed by atoms with Gasteiger partial charge in [0.2, 0.25) is 0 Å². The normalized spacial score (nSPS) is 31.1. The van der Waals surface area contributed by atoms with Crippen molar-refractivity contribution in [3.05, 3.63) is 12.2 Å². The molecular formula is C8H13NO2. The number of nitrogens with zero attached hydrogens (tertiary/aromatic N) is 1. The Bertz CT molecular complexity index is 177. The summed E-state index contributed by atoms with van der Waals surface area (Å²) in [6.07, 6.45) is 4.07. The fourth-order valence-electron chi connectivity index (χ4n) is 1.36. The SMILES string of the molecule is C[C@@H]1C=C[C@@H](C)N1CC(=O)O. The van der Waals surface area contributed by atoms with Gasteiger partial charge in [0, 0.05) is 12.1 Å². The minimum Gasteiger partial charge on any atom is -0.480 e. The third kappa shape index (κ3) is 1.80. The van der Waals surface area contributed by atoms with Crippen LogP contribution in [-0.2, 0) is 4.79 Å². The molecular weight excluding hydrogens is 142 g/mol. The van der Waals surface area contributed by atoms with Crippen LogP contribution in [0, 0.1) is 0 Å². The van der Waals surface area contributed by atoms with E-state index in [0.717, 1.165) is 0 Å². The summed E-state index contributed by atoms with van der Waals surface area (Å²) in [5.41, 5.74) is 0. The van der Waals surface area contributed by atoms with E-state index < -0.39 is 5.97 Å². The summed E-state index contributed by atoms with van der Waals surface area (Å²) in [4.78, 5) is 12.3. The van der Waals surface area contributed by atoms with Crippen molar-refractivity contribution in [1.29, 1.82) is 0 Å². The van der Waals surface area contributed by atoms with Crippen molar-refractivity contribution in [3.63, 3.8) is 0 Å². The minimum absolute atomic E-state index is 0.134. The molecule has 0 fully saturated rings. The average Bonchev–Trinajstić information content (AvgIpc) is 2.18. The Hall–Kier alpha value is -0.830. The van der Waals surface area contributed by atoms with E-state index in [-0.39, 0.29) is 18.6 Å². The zero-order valence-corrected chi connectivity index (χ0v) is 6.82. The lowest BCUT2D eigenvalue weighted by atomic mass is 10.3. The van der Waals surface area contributed by atoms with Gasteiger partial charge in [0.15, 0.2) is 0 Å². The summed E-state index contributed by atoms with van der Waals surface area (Å²) in [5.74, 6) is -0.757. The van der Waals surface area contributed by atoms with Crippen LogP contribution >= 0.6 is 0 Å². The molecule has 1 aliphatic heterocycles. The van der Waals surface area contributed by atoms with E-state index in [0.29, 0.717) is 0 Å². The number of carbonyl (C=O) groups is 1. The molecule has 11 heavy (non-hydrogen) atoms. The van der Waals surface area contributed by atoms with Crippen LogP contribution in [0.5, 0.6) is 0 Å². The van der Waals surface area contributed by atoms with Crippen LogP contribution in [0.3, 0.4) is 0 Å². The lowest BCUT2D eigenvalue weighted by Crippen LogP contribution is -2.37. The van der Waals surface area contributed by atoms with Crippen molar-refractivity contribution in [1.82, 2.24) is 4.90 Å². The summed E-state index contributed by atoms with van der Waals surface area (Å²) in [7, 11) is 0. The molecule has 0 bridgehead atoms. The van der Waals surface area contributed by atoms with Crippen LogP contribution < -0.4 is 0 Å². The molecule has 0 aromatic rings. The van der Waals surface area contributed by atoms with Gasteiger partial charge in [-0.3, -0.25) is 9.69 Å². The van der Waals surface area contributed by atoms with Crippen LogP contribution in [0.25, 0.3) is 0 Å². The molecule has 3 nitrogen and oxygen atoms in total. The maximum absolute atomic E-state index is 10.4. The highest BCUT2D eigenvalue weighted by atomic mass is 16.4. The molecule has 62 valence electrons. The number of hydrogen-bond donors (Lipinski definition) is 1. The number of aliphatic carboxylic acids is 1. The summed E-state index contributed by atoms with van der Waals surface area (Å²) in [6, 6.07) is 0.530. The predicted octanol–water partition coefficient (Wildman–Crippen LogP) is 0.720. The van der Waals surface area contributed by atoms with Crippen molar-refractivity contribution in [3.8, 4) is 0 Å². The van der Waals surface area contributed by atoms with Crippen molar-refractivity contribution in [2.75, 3.05) is 6.54 Å². The first-order valence-corrected chi connectivity index (χ1v) is 3.77.